The van der Waals surface area contributed by atoms with E-state index >= 15 is 0 Å². The van der Waals surface area contributed by atoms with Crippen LogP contribution in [0.5, 0.6) is 0 Å². The van der Waals surface area contributed by atoms with Gasteiger partial charge >= 0.3 is 5.69 Å². The summed E-state index contributed by atoms with van der Waals surface area (Å²) in [5, 5.41) is 10.8. The van der Waals surface area contributed by atoms with Crippen LogP contribution in [-0.4, -0.2) is 30.7 Å². The minimum atomic E-state index is -3.88. The summed E-state index contributed by atoms with van der Waals surface area (Å²) in [5.74, 6) is -0.901. The summed E-state index contributed by atoms with van der Waals surface area (Å²) in [6, 6.07) is 1.90. The van der Waals surface area contributed by atoms with Gasteiger partial charge < -0.3 is 0 Å². The summed E-state index contributed by atoms with van der Waals surface area (Å²) in [7, 11) is -3.88. The molecule has 0 saturated carbocycles. The number of aryl methyl sites for hydroxylation is 1. The Morgan fingerprint density at radius 3 is 2.38 bits per heavy atom. The number of benzene rings is 1. The second-order valence-corrected chi connectivity index (χ2v) is 7.12. The number of hydrogen-bond acceptors (Lipinski definition) is 4. The van der Waals surface area contributed by atoms with Gasteiger partial charge in [-0.05, 0) is 24.5 Å². The molecule has 0 aliphatic rings. The van der Waals surface area contributed by atoms with Gasteiger partial charge in [0.05, 0.1) is 9.82 Å². The van der Waals surface area contributed by atoms with Crippen LogP contribution in [-0.2, 0) is 10.0 Å². The van der Waals surface area contributed by atoms with Crippen LogP contribution in [0.1, 0.15) is 26.3 Å². The van der Waals surface area contributed by atoms with E-state index in [4.69, 9.17) is 0 Å². The molecule has 1 aromatic carbocycles. The van der Waals surface area contributed by atoms with Gasteiger partial charge in [0.15, 0.2) is 0 Å². The van der Waals surface area contributed by atoms with Gasteiger partial charge in [-0.2, -0.15) is 8.70 Å². The maximum atomic E-state index is 13.7. The molecule has 1 rings (SSSR count). The summed E-state index contributed by atoms with van der Waals surface area (Å²) >= 11 is 0. The monoisotopic (exact) mass is 318 g/mol. The third-order valence-corrected chi connectivity index (χ3v) is 4.88. The first-order valence-electron chi connectivity index (χ1n) is 6.55. The summed E-state index contributed by atoms with van der Waals surface area (Å²) < 4.78 is 39.9. The molecule has 0 heterocycles. The molecule has 118 valence electrons. The van der Waals surface area contributed by atoms with E-state index in [9.17, 15) is 22.9 Å². The molecule has 1 aromatic rings. The third-order valence-electron chi connectivity index (χ3n) is 2.96. The highest BCUT2D eigenvalue weighted by molar-refractivity contribution is 7.89. The molecule has 6 nitrogen and oxygen atoms in total. The lowest BCUT2D eigenvalue weighted by atomic mass is 10.2. The highest BCUT2D eigenvalue weighted by Gasteiger charge is 2.28. The average molecular weight is 318 g/mol. The second-order valence-electron chi connectivity index (χ2n) is 5.18. The molecule has 0 aliphatic carbocycles. The minimum Gasteiger partial charge on any atom is -0.258 e. The molecule has 0 fully saturated rings. The van der Waals surface area contributed by atoms with Crippen molar-refractivity contribution in [3.8, 4) is 0 Å². The Morgan fingerprint density at radius 1 is 1.38 bits per heavy atom. The van der Waals surface area contributed by atoms with Crippen LogP contribution in [0.15, 0.2) is 17.0 Å². The molecule has 0 unspecified atom stereocenters. The van der Waals surface area contributed by atoms with Crippen LogP contribution in [0.4, 0.5) is 10.1 Å². The normalized spacial score (nSPS) is 12.1. The van der Waals surface area contributed by atoms with Crippen LogP contribution in [0, 0.1) is 28.8 Å². The molecule has 0 aromatic heterocycles. The first kappa shape index (κ1) is 17.5. The van der Waals surface area contributed by atoms with Gasteiger partial charge in [0, 0.05) is 19.2 Å². The van der Waals surface area contributed by atoms with E-state index in [1.54, 1.807) is 6.92 Å². The smallest absolute Gasteiger partial charge is 0.258 e. The number of sulfonamides is 1. The molecule has 0 amide bonds. The maximum absolute atomic E-state index is 13.7. The Morgan fingerprint density at radius 2 is 1.95 bits per heavy atom. The number of hydrogen-bond donors (Lipinski definition) is 0. The fourth-order valence-electron chi connectivity index (χ4n) is 1.95. The molecule has 0 spiro atoms. The highest BCUT2D eigenvalue weighted by atomic mass is 32.2. The van der Waals surface area contributed by atoms with Gasteiger partial charge in [-0.3, -0.25) is 10.1 Å². The lowest BCUT2D eigenvalue weighted by Gasteiger charge is -2.22. The Hall–Kier alpha value is -1.54. The maximum Gasteiger partial charge on any atom is 0.306 e. The van der Waals surface area contributed by atoms with Gasteiger partial charge in [0.1, 0.15) is 0 Å². The van der Waals surface area contributed by atoms with Crippen molar-refractivity contribution in [1.29, 1.82) is 0 Å². The van der Waals surface area contributed by atoms with E-state index in [1.807, 2.05) is 13.8 Å². The number of nitro groups is 1. The van der Waals surface area contributed by atoms with Gasteiger partial charge in [0.25, 0.3) is 0 Å². The fourth-order valence-corrected chi connectivity index (χ4v) is 3.67. The molecule has 0 aliphatic heterocycles. The predicted octanol–water partition coefficient (Wildman–Crippen LogP) is 2.71. The largest absolute Gasteiger partial charge is 0.306 e. The first-order chi connectivity index (χ1) is 9.61. The second kappa shape index (κ2) is 6.48. The van der Waals surface area contributed by atoms with E-state index in [-0.39, 0.29) is 22.9 Å². The molecule has 0 atom stereocenters. The number of halogens is 1. The standard InChI is InChI=1S/C13H19FN2O4S/c1-5-15(8-9(2)3)21(19,20)11-6-10(4)13(14)12(7-11)16(17)18/h6-7,9H,5,8H2,1-4H3. The zero-order valence-electron chi connectivity index (χ0n) is 12.5. The highest BCUT2D eigenvalue weighted by Crippen LogP contribution is 2.27. The number of nitro benzene ring substituents is 1. The van der Waals surface area contributed by atoms with Crippen molar-refractivity contribution in [2.75, 3.05) is 13.1 Å². The van der Waals surface area contributed by atoms with Crippen molar-refractivity contribution in [1.82, 2.24) is 4.31 Å². The Labute approximate surface area is 123 Å². The average Bonchev–Trinajstić information content (AvgIpc) is 2.37. The Balaban J connectivity index is 3.41. The molecule has 0 saturated heterocycles. The van der Waals surface area contributed by atoms with E-state index in [1.165, 1.54) is 11.2 Å². The zero-order valence-corrected chi connectivity index (χ0v) is 13.3. The van der Waals surface area contributed by atoms with Crippen molar-refractivity contribution in [3.63, 3.8) is 0 Å². The van der Waals surface area contributed by atoms with E-state index in [2.05, 4.69) is 0 Å². The number of rotatable bonds is 6. The fraction of sp³-hybridized carbons (Fsp3) is 0.538. The van der Waals surface area contributed by atoms with Crippen molar-refractivity contribution >= 4 is 15.7 Å². The van der Waals surface area contributed by atoms with Crippen LogP contribution in [0.2, 0.25) is 0 Å². The van der Waals surface area contributed by atoms with Crippen LogP contribution < -0.4 is 0 Å². The van der Waals surface area contributed by atoms with Gasteiger partial charge in [-0.1, -0.05) is 20.8 Å². The Kier molecular flexibility index (Phi) is 5.41. The van der Waals surface area contributed by atoms with E-state index in [0.717, 1.165) is 12.1 Å². The summed E-state index contributed by atoms with van der Waals surface area (Å²) in [6.07, 6.45) is 0. The molecular weight excluding hydrogens is 299 g/mol. The third kappa shape index (κ3) is 3.76. The zero-order chi connectivity index (χ0) is 16.4. The van der Waals surface area contributed by atoms with E-state index in [0.29, 0.717) is 6.54 Å². The van der Waals surface area contributed by atoms with Crippen molar-refractivity contribution < 1.29 is 17.7 Å². The lowest BCUT2D eigenvalue weighted by molar-refractivity contribution is -0.387. The minimum absolute atomic E-state index is 0.0663. The summed E-state index contributed by atoms with van der Waals surface area (Å²) in [5.41, 5.74) is -0.891. The van der Waals surface area contributed by atoms with Crippen molar-refractivity contribution in [2.24, 2.45) is 5.92 Å². The molecule has 8 heteroatoms. The molecular formula is C13H19FN2O4S. The van der Waals surface area contributed by atoms with Crippen LogP contribution >= 0.6 is 0 Å². The molecule has 0 N–H and O–H groups in total. The van der Waals surface area contributed by atoms with Crippen molar-refractivity contribution in [3.05, 3.63) is 33.6 Å². The SMILES string of the molecule is CCN(CC(C)C)S(=O)(=O)c1cc(C)c(F)c([N+](=O)[O-])c1. The van der Waals surface area contributed by atoms with Gasteiger partial charge in [-0.15, -0.1) is 0 Å². The van der Waals surface area contributed by atoms with E-state index < -0.39 is 26.5 Å². The lowest BCUT2D eigenvalue weighted by Crippen LogP contribution is -2.34. The summed E-state index contributed by atoms with van der Waals surface area (Å²) in [4.78, 5) is 9.66. The topological polar surface area (TPSA) is 80.5 Å². The molecule has 0 radical (unpaired) electrons. The quantitative estimate of drug-likeness (QED) is 0.596. The van der Waals surface area contributed by atoms with Gasteiger partial charge in [-0.25, -0.2) is 8.42 Å². The molecule has 21 heavy (non-hydrogen) atoms. The summed E-state index contributed by atoms with van der Waals surface area (Å²) in [6.45, 7) is 7.27. The predicted molar refractivity (Wildman–Crippen MR) is 77.1 cm³/mol. The van der Waals surface area contributed by atoms with Crippen LogP contribution in [0.3, 0.4) is 0 Å². The van der Waals surface area contributed by atoms with Crippen LogP contribution in [0.25, 0.3) is 0 Å². The Bertz CT molecular complexity index is 644. The first-order valence-corrected chi connectivity index (χ1v) is 8.00. The van der Waals surface area contributed by atoms with Crippen molar-refractivity contribution in [2.45, 2.75) is 32.6 Å². The van der Waals surface area contributed by atoms with Gasteiger partial charge in [0.2, 0.25) is 15.8 Å². The number of nitrogens with zero attached hydrogens (tertiary/aromatic N) is 2. The molecule has 0 bridgehead atoms.